The van der Waals surface area contributed by atoms with Crippen LogP contribution >= 0.6 is 0 Å². The Morgan fingerprint density at radius 1 is 1.08 bits per heavy atom. The summed E-state index contributed by atoms with van der Waals surface area (Å²) in [5.74, 6) is 2.67. The number of hydrogen-bond donors (Lipinski definition) is 0. The molecule has 10 nitrogen and oxygen atoms in total. The smallest absolute Gasteiger partial charge is 0.246 e. The fraction of sp³-hybridized carbons (Fsp3) is 0.690. The van der Waals surface area contributed by atoms with Crippen molar-refractivity contribution in [3.63, 3.8) is 0 Å². The molecule has 3 fully saturated rings. The van der Waals surface area contributed by atoms with Gasteiger partial charge in [-0.15, -0.1) is 0 Å². The Labute approximate surface area is 228 Å². The number of imidazole rings is 1. The van der Waals surface area contributed by atoms with Crippen LogP contribution in [-0.4, -0.2) is 74.3 Å². The highest BCUT2D eigenvalue weighted by atomic mass is 16.5. The quantitative estimate of drug-likeness (QED) is 0.472. The number of aromatic nitrogens is 5. The first-order valence-corrected chi connectivity index (χ1v) is 14.7. The fourth-order valence-electron chi connectivity index (χ4n) is 7.57. The summed E-state index contributed by atoms with van der Waals surface area (Å²) >= 11 is 0. The number of rotatable bonds is 5. The van der Waals surface area contributed by atoms with Gasteiger partial charge in [0.25, 0.3) is 0 Å². The van der Waals surface area contributed by atoms with Crippen molar-refractivity contribution in [2.75, 3.05) is 26.8 Å². The van der Waals surface area contributed by atoms with Crippen LogP contribution in [0.15, 0.2) is 4.52 Å². The highest BCUT2D eigenvalue weighted by Gasteiger charge is 2.48. The van der Waals surface area contributed by atoms with Gasteiger partial charge in [-0.05, 0) is 78.8 Å². The number of hydrogen-bond acceptors (Lipinski definition) is 9. The second kappa shape index (κ2) is 9.66. The van der Waals surface area contributed by atoms with Crippen LogP contribution in [-0.2, 0) is 21.4 Å². The molecule has 2 saturated heterocycles. The van der Waals surface area contributed by atoms with Crippen molar-refractivity contribution in [2.45, 2.75) is 102 Å². The first kappa shape index (κ1) is 25.1. The van der Waals surface area contributed by atoms with E-state index >= 15 is 0 Å². The zero-order valence-corrected chi connectivity index (χ0v) is 23.2. The predicted octanol–water partition coefficient (Wildman–Crippen LogP) is 4.33. The summed E-state index contributed by atoms with van der Waals surface area (Å²) in [5.41, 5.74) is 2.69. The molecule has 0 N–H and O–H groups in total. The van der Waals surface area contributed by atoms with E-state index in [1.54, 1.807) is 0 Å². The van der Waals surface area contributed by atoms with Gasteiger partial charge in [-0.3, -0.25) is 9.69 Å². The Kier molecular flexibility index (Phi) is 6.23. The van der Waals surface area contributed by atoms with Gasteiger partial charge in [0.1, 0.15) is 23.4 Å². The van der Waals surface area contributed by atoms with Crippen LogP contribution in [0.25, 0.3) is 22.7 Å². The minimum absolute atomic E-state index is 0.0597. The van der Waals surface area contributed by atoms with Crippen LogP contribution in [0.2, 0.25) is 0 Å². The van der Waals surface area contributed by atoms with Gasteiger partial charge in [-0.1, -0.05) is 11.6 Å². The lowest BCUT2D eigenvalue weighted by Gasteiger charge is -2.37. The van der Waals surface area contributed by atoms with Crippen LogP contribution < -0.4 is 4.74 Å². The van der Waals surface area contributed by atoms with Crippen molar-refractivity contribution in [1.82, 2.24) is 29.6 Å². The summed E-state index contributed by atoms with van der Waals surface area (Å²) in [4.78, 5) is 30.5. The number of carbonyl (C=O) groups excluding carboxylic acids is 1. The molecule has 0 amide bonds. The molecule has 4 atom stereocenters. The van der Waals surface area contributed by atoms with E-state index in [1.165, 1.54) is 6.42 Å². The molecule has 208 valence electrons. The number of ketones is 1. The van der Waals surface area contributed by atoms with Crippen LogP contribution in [0.5, 0.6) is 5.88 Å². The van der Waals surface area contributed by atoms with Crippen LogP contribution in [0, 0.1) is 6.92 Å². The maximum absolute atomic E-state index is 13.2. The molecule has 39 heavy (non-hydrogen) atoms. The third-order valence-electron chi connectivity index (χ3n) is 9.64. The molecule has 1 saturated carbocycles. The maximum Gasteiger partial charge on any atom is 0.246 e. The van der Waals surface area contributed by atoms with Gasteiger partial charge in [0.15, 0.2) is 11.2 Å². The van der Waals surface area contributed by atoms with Crippen molar-refractivity contribution < 1.29 is 18.8 Å². The van der Waals surface area contributed by atoms with E-state index in [-0.39, 0.29) is 12.1 Å². The molecule has 7 rings (SSSR count). The van der Waals surface area contributed by atoms with E-state index in [1.807, 2.05) is 6.92 Å². The van der Waals surface area contributed by atoms with Crippen molar-refractivity contribution >= 4 is 16.9 Å². The lowest BCUT2D eigenvalue weighted by Crippen LogP contribution is -2.41. The number of ether oxygens (including phenoxy) is 2. The van der Waals surface area contributed by atoms with Crippen LogP contribution in [0.4, 0.5) is 0 Å². The lowest BCUT2D eigenvalue weighted by atomic mass is 9.64. The van der Waals surface area contributed by atoms with Gasteiger partial charge in [0.05, 0.1) is 18.1 Å². The van der Waals surface area contributed by atoms with E-state index in [9.17, 15) is 4.79 Å². The van der Waals surface area contributed by atoms with E-state index in [4.69, 9.17) is 28.9 Å². The average molecular weight is 535 g/mol. The maximum atomic E-state index is 13.2. The second-order valence-corrected chi connectivity index (χ2v) is 12.0. The third kappa shape index (κ3) is 4.01. The molecule has 0 radical (unpaired) electrons. The van der Waals surface area contributed by atoms with Crippen molar-refractivity contribution in [3.05, 3.63) is 17.1 Å². The number of fused-ring (bicyclic) bond motifs is 3. The van der Waals surface area contributed by atoms with Crippen molar-refractivity contribution in [3.8, 4) is 17.5 Å². The zero-order chi connectivity index (χ0) is 26.7. The molecular formula is C29H38N6O4. The molecule has 3 aromatic heterocycles. The van der Waals surface area contributed by atoms with Crippen LogP contribution in [0.3, 0.4) is 0 Å². The normalized spacial score (nSPS) is 28.4. The summed E-state index contributed by atoms with van der Waals surface area (Å²) in [6.45, 7) is 6.55. The van der Waals surface area contributed by atoms with E-state index in [0.717, 1.165) is 87.2 Å². The largest absolute Gasteiger partial charge is 0.471 e. The van der Waals surface area contributed by atoms with Crippen molar-refractivity contribution in [1.29, 1.82) is 0 Å². The highest BCUT2D eigenvalue weighted by Crippen LogP contribution is 2.47. The molecule has 0 unspecified atom stereocenters. The molecular weight excluding hydrogens is 496 g/mol. The van der Waals surface area contributed by atoms with E-state index < -0.39 is 5.41 Å². The second-order valence-electron chi connectivity index (χ2n) is 12.0. The first-order valence-electron chi connectivity index (χ1n) is 14.7. The van der Waals surface area contributed by atoms with Gasteiger partial charge in [0, 0.05) is 24.6 Å². The summed E-state index contributed by atoms with van der Waals surface area (Å²) < 4.78 is 20.5. The molecule has 2 aliphatic carbocycles. The minimum atomic E-state index is -0.516. The molecule has 5 heterocycles. The SMILES string of the molecule is Cc1nc2c(O[C@@H](C)[C@@H]3CCCN3C)nc(-c3onc4c3CCC[C@@]43CCCCC3=O)nc2n1[C@@H]1CCOC1. The Bertz CT molecular complexity index is 1410. The van der Waals surface area contributed by atoms with Gasteiger partial charge in [-0.2, -0.15) is 4.98 Å². The summed E-state index contributed by atoms with van der Waals surface area (Å²) in [7, 11) is 2.15. The number of Topliss-reactive ketones (excluding diaryl/α,β-unsaturated/α-hetero) is 1. The van der Waals surface area contributed by atoms with E-state index in [2.05, 4.69) is 28.6 Å². The highest BCUT2D eigenvalue weighted by molar-refractivity contribution is 5.91. The molecule has 0 aromatic carbocycles. The van der Waals surface area contributed by atoms with Gasteiger partial charge < -0.3 is 18.6 Å². The average Bonchev–Trinajstić information content (AvgIpc) is 3.72. The van der Waals surface area contributed by atoms with Crippen LogP contribution in [0.1, 0.15) is 87.8 Å². The fourth-order valence-corrected chi connectivity index (χ4v) is 7.57. The lowest BCUT2D eigenvalue weighted by molar-refractivity contribution is -0.127. The third-order valence-corrected chi connectivity index (χ3v) is 9.64. The molecule has 10 heteroatoms. The number of nitrogens with zero attached hydrogens (tertiary/aromatic N) is 6. The Balaban J connectivity index is 1.36. The minimum Gasteiger partial charge on any atom is -0.471 e. The van der Waals surface area contributed by atoms with Gasteiger partial charge in [-0.25, -0.2) is 9.97 Å². The Morgan fingerprint density at radius 2 is 1.95 bits per heavy atom. The Hall–Kier alpha value is -2.85. The monoisotopic (exact) mass is 534 g/mol. The number of carbonyl (C=O) groups is 1. The molecule has 1 spiro atoms. The topological polar surface area (TPSA) is 108 Å². The van der Waals surface area contributed by atoms with Crippen molar-refractivity contribution in [2.24, 2.45) is 0 Å². The molecule has 2 aliphatic heterocycles. The van der Waals surface area contributed by atoms with E-state index in [0.29, 0.717) is 47.8 Å². The zero-order valence-electron chi connectivity index (χ0n) is 23.2. The predicted molar refractivity (Wildman–Crippen MR) is 144 cm³/mol. The summed E-state index contributed by atoms with van der Waals surface area (Å²) in [5, 5.41) is 4.54. The number of likely N-dealkylation sites (tertiary alicyclic amines) is 1. The molecule has 0 bridgehead atoms. The Morgan fingerprint density at radius 3 is 2.72 bits per heavy atom. The number of aryl methyl sites for hydroxylation is 1. The van der Waals surface area contributed by atoms with Gasteiger partial charge in [0.2, 0.25) is 17.5 Å². The standard InChI is InChI=1S/C29H38N6O4/c1-17(21-9-7-14-34(21)3)38-28-23-27(35(18(2)30-23)19-11-15-37-16-19)31-26(32-28)24-20-8-6-13-29(25(20)33-39-24)12-5-4-10-22(29)36/h17,19,21H,4-16H2,1-3H3/t17-,19+,21-,29+/m0/s1. The summed E-state index contributed by atoms with van der Waals surface area (Å²) in [6, 6.07) is 0.482. The molecule has 4 aliphatic rings. The summed E-state index contributed by atoms with van der Waals surface area (Å²) in [6.07, 6.45) is 9.17. The van der Waals surface area contributed by atoms with Gasteiger partial charge >= 0.3 is 0 Å². The first-order chi connectivity index (χ1) is 19.0. The number of likely N-dealkylation sites (N-methyl/N-ethyl adjacent to an activating group) is 1. The molecule has 3 aromatic rings.